The fourth-order valence-corrected chi connectivity index (χ4v) is 11.8. The molecule has 5 rings (SSSR count). The molecule has 1 aromatic carbocycles. The largest absolute Gasteiger partial charge is 0.478 e. The Morgan fingerprint density at radius 3 is 2.27 bits per heavy atom. The molecule has 3 fully saturated rings. The van der Waals surface area contributed by atoms with Crippen LogP contribution in [-0.2, 0) is 4.79 Å². The smallest absolute Gasteiger partial charge is 0.335 e. The minimum Gasteiger partial charge on any atom is -0.478 e. The molecule has 0 spiro atoms. The summed E-state index contributed by atoms with van der Waals surface area (Å²) in [5, 5.41) is 25.2. The maximum absolute atomic E-state index is 14.3. The van der Waals surface area contributed by atoms with Crippen molar-refractivity contribution < 1.29 is 19.8 Å². The number of aliphatic hydroxyl groups is 1. The van der Waals surface area contributed by atoms with Gasteiger partial charge in [-0.3, -0.25) is 4.79 Å². The summed E-state index contributed by atoms with van der Waals surface area (Å²) in [5.74, 6) is 1.77. The topological polar surface area (TPSA) is 98.7 Å². The van der Waals surface area contributed by atoms with Crippen molar-refractivity contribution in [3.63, 3.8) is 0 Å². The Bertz CT molecular complexity index is 1370. The fraction of sp³-hybridized carbons (Fsp3) is 0.714. The van der Waals surface area contributed by atoms with Crippen LogP contribution in [0, 0.1) is 51.2 Å². The molecule has 0 radical (unpaired) electrons. The van der Waals surface area contributed by atoms with Crippen molar-refractivity contribution in [2.75, 3.05) is 26.2 Å². The zero-order valence-corrected chi connectivity index (χ0v) is 30.8. The standard InChI is InChI=1S/C42H64N2O4/c1-8-28(2)32-17-23-42(38(48)44-25-24-43-26-27-45)22-16-29(3)40(6)21-19-35-39(4,5)33(30-12-14-31(15-13-30)37(46)47)18-20-41(35,7)36(40)11-9-10-34(32)42/h12-15,18,29,32,34-36,43,45H,2,8-11,16-17,19-27H2,1,3-7H3,(H,44,48)(H,46,47). The van der Waals surface area contributed by atoms with Gasteiger partial charge >= 0.3 is 5.97 Å². The van der Waals surface area contributed by atoms with Gasteiger partial charge in [-0.15, -0.1) is 0 Å². The molecule has 8 atom stereocenters. The Labute approximate surface area is 290 Å². The molecule has 4 N–H and O–H groups in total. The average molecular weight is 661 g/mol. The number of carboxylic acid groups (broad SMARTS) is 1. The molecule has 3 saturated carbocycles. The first kappa shape index (κ1) is 36.8. The molecule has 4 aliphatic rings. The molecule has 266 valence electrons. The van der Waals surface area contributed by atoms with Crippen molar-refractivity contribution in [1.82, 2.24) is 10.6 Å². The number of aliphatic hydroxyl groups excluding tert-OH is 1. The van der Waals surface area contributed by atoms with Crippen molar-refractivity contribution in [1.29, 1.82) is 0 Å². The lowest BCUT2D eigenvalue weighted by Crippen LogP contribution is -2.56. The summed E-state index contributed by atoms with van der Waals surface area (Å²) < 4.78 is 0. The number of benzene rings is 1. The highest BCUT2D eigenvalue weighted by Crippen LogP contribution is 2.69. The monoisotopic (exact) mass is 660 g/mol. The summed E-state index contributed by atoms with van der Waals surface area (Å²) in [6, 6.07) is 7.52. The summed E-state index contributed by atoms with van der Waals surface area (Å²) in [5.41, 5.74) is 4.21. The van der Waals surface area contributed by atoms with Crippen molar-refractivity contribution in [2.45, 2.75) is 112 Å². The number of fused-ring (bicyclic) bond motifs is 4. The quantitative estimate of drug-likeness (QED) is 0.149. The Balaban J connectivity index is 1.44. The van der Waals surface area contributed by atoms with Gasteiger partial charge in [0.05, 0.1) is 17.6 Å². The lowest BCUT2D eigenvalue weighted by molar-refractivity contribution is -0.139. The summed E-state index contributed by atoms with van der Waals surface area (Å²) >= 11 is 0. The van der Waals surface area contributed by atoms with Gasteiger partial charge in [-0.1, -0.05) is 78.3 Å². The van der Waals surface area contributed by atoms with Gasteiger partial charge in [-0.25, -0.2) is 4.79 Å². The second kappa shape index (κ2) is 14.4. The minimum atomic E-state index is -0.880. The van der Waals surface area contributed by atoms with Gasteiger partial charge in [0.1, 0.15) is 0 Å². The highest BCUT2D eigenvalue weighted by atomic mass is 16.4. The van der Waals surface area contributed by atoms with Crippen LogP contribution in [0.25, 0.3) is 5.57 Å². The van der Waals surface area contributed by atoms with E-state index in [1.807, 2.05) is 12.1 Å². The number of hydrogen-bond donors (Lipinski definition) is 4. The molecule has 0 aromatic heterocycles. The fourth-order valence-electron chi connectivity index (χ4n) is 11.8. The predicted octanol–water partition coefficient (Wildman–Crippen LogP) is 8.51. The van der Waals surface area contributed by atoms with Gasteiger partial charge in [-0.05, 0) is 133 Å². The molecule has 0 heterocycles. The number of amides is 1. The molecule has 1 aromatic rings. The molecular weight excluding hydrogens is 596 g/mol. The van der Waals surface area contributed by atoms with Crippen LogP contribution in [-0.4, -0.2) is 48.3 Å². The van der Waals surface area contributed by atoms with Gasteiger partial charge < -0.3 is 20.8 Å². The van der Waals surface area contributed by atoms with Crippen LogP contribution in [0.3, 0.4) is 0 Å². The SMILES string of the molecule is C=C(CC)C1CCC2(C(=O)NCCNCCO)CCC(C)C3(C)CCC4C(C)(C)C(c5ccc(C(=O)O)cc5)=CCC4(C)C3CCCC12. The number of carbonyl (C=O) groups is 2. The highest BCUT2D eigenvalue weighted by molar-refractivity contribution is 5.88. The Morgan fingerprint density at radius 2 is 1.60 bits per heavy atom. The van der Waals surface area contributed by atoms with Gasteiger partial charge in [0.25, 0.3) is 0 Å². The summed E-state index contributed by atoms with van der Waals surface area (Å²) in [6.07, 6.45) is 14.4. The van der Waals surface area contributed by atoms with Crippen LogP contribution in [0.15, 0.2) is 42.5 Å². The van der Waals surface area contributed by atoms with Gasteiger partial charge in [0, 0.05) is 19.6 Å². The van der Waals surface area contributed by atoms with E-state index in [1.165, 1.54) is 30.4 Å². The van der Waals surface area contributed by atoms with E-state index in [0.29, 0.717) is 54.8 Å². The molecular formula is C42H64N2O4. The first-order valence-electron chi connectivity index (χ1n) is 19.1. The lowest BCUT2D eigenvalue weighted by Gasteiger charge is -2.64. The minimum absolute atomic E-state index is 0.0215. The third-order valence-electron chi connectivity index (χ3n) is 14.7. The van der Waals surface area contributed by atoms with Crippen LogP contribution < -0.4 is 10.6 Å². The summed E-state index contributed by atoms with van der Waals surface area (Å²) in [4.78, 5) is 25.8. The van der Waals surface area contributed by atoms with Crippen LogP contribution in [0.1, 0.15) is 128 Å². The second-order valence-electron chi connectivity index (χ2n) is 17.1. The van der Waals surface area contributed by atoms with Crippen molar-refractivity contribution in [2.24, 2.45) is 51.2 Å². The molecule has 8 unspecified atom stereocenters. The molecule has 4 aliphatic carbocycles. The first-order chi connectivity index (χ1) is 22.8. The second-order valence-corrected chi connectivity index (χ2v) is 17.1. The summed E-state index contributed by atoms with van der Waals surface area (Å²) in [7, 11) is 0. The van der Waals surface area contributed by atoms with Crippen molar-refractivity contribution >= 4 is 17.4 Å². The molecule has 6 nitrogen and oxygen atoms in total. The van der Waals surface area contributed by atoms with Crippen LogP contribution in [0.2, 0.25) is 0 Å². The zero-order chi connectivity index (χ0) is 34.9. The van der Waals surface area contributed by atoms with Crippen molar-refractivity contribution in [3.05, 3.63) is 53.6 Å². The van der Waals surface area contributed by atoms with Crippen LogP contribution >= 0.6 is 0 Å². The highest BCUT2D eigenvalue weighted by Gasteiger charge is 2.61. The number of carbonyl (C=O) groups excluding carboxylic acids is 1. The van der Waals surface area contributed by atoms with Crippen molar-refractivity contribution in [3.8, 4) is 0 Å². The Hall–Kier alpha value is -2.44. The number of rotatable bonds is 10. The van der Waals surface area contributed by atoms with E-state index in [0.717, 1.165) is 56.9 Å². The Morgan fingerprint density at radius 1 is 0.896 bits per heavy atom. The zero-order valence-electron chi connectivity index (χ0n) is 30.8. The van der Waals surface area contributed by atoms with Gasteiger partial charge in [0.15, 0.2) is 0 Å². The van der Waals surface area contributed by atoms with E-state index in [4.69, 9.17) is 5.11 Å². The third kappa shape index (κ3) is 6.45. The molecule has 6 heteroatoms. The van der Waals surface area contributed by atoms with E-state index in [1.54, 1.807) is 12.1 Å². The molecule has 0 bridgehead atoms. The Kier molecular flexibility index (Phi) is 11.1. The molecule has 0 aliphatic heterocycles. The van der Waals surface area contributed by atoms with E-state index < -0.39 is 5.97 Å². The van der Waals surface area contributed by atoms with E-state index >= 15 is 0 Å². The van der Waals surface area contributed by atoms with E-state index in [9.17, 15) is 14.7 Å². The van der Waals surface area contributed by atoms with Gasteiger partial charge in [-0.2, -0.15) is 0 Å². The third-order valence-corrected chi connectivity index (χ3v) is 14.7. The molecule has 48 heavy (non-hydrogen) atoms. The number of carboxylic acids is 1. The number of allylic oxidation sites excluding steroid dienone is 3. The normalized spacial score (nSPS) is 36.1. The number of aromatic carboxylic acids is 1. The first-order valence-corrected chi connectivity index (χ1v) is 19.1. The average Bonchev–Trinajstić information content (AvgIpc) is 3.43. The van der Waals surface area contributed by atoms with Crippen LogP contribution in [0.5, 0.6) is 0 Å². The maximum Gasteiger partial charge on any atom is 0.335 e. The molecule has 1 amide bonds. The number of nitrogens with one attached hydrogen (secondary N) is 2. The lowest BCUT2D eigenvalue weighted by atomic mass is 9.40. The van der Waals surface area contributed by atoms with Gasteiger partial charge in [0.2, 0.25) is 5.91 Å². The maximum atomic E-state index is 14.3. The van der Waals surface area contributed by atoms with Crippen LogP contribution in [0.4, 0.5) is 0 Å². The number of hydrogen-bond acceptors (Lipinski definition) is 4. The molecule has 0 saturated heterocycles. The summed E-state index contributed by atoms with van der Waals surface area (Å²) in [6.45, 7) is 21.2. The van der Waals surface area contributed by atoms with E-state index in [-0.39, 0.29) is 34.2 Å². The van der Waals surface area contributed by atoms with E-state index in [2.05, 4.69) is 64.8 Å². The predicted molar refractivity (Wildman–Crippen MR) is 195 cm³/mol.